The van der Waals surface area contributed by atoms with E-state index in [1.807, 2.05) is 0 Å². The molecule has 0 aromatic heterocycles. The lowest BCUT2D eigenvalue weighted by atomic mass is 10.2. The topological polar surface area (TPSA) is 62.6 Å². The van der Waals surface area contributed by atoms with Crippen LogP contribution < -0.4 is 15.5 Å². The number of nitrogens with one attached hydrogen (secondary N) is 3. The van der Waals surface area contributed by atoms with Crippen molar-refractivity contribution in [3.63, 3.8) is 0 Å². The molecule has 0 aliphatic heterocycles. The monoisotopic (exact) mass is 294 g/mol. The molecule has 1 unspecified atom stereocenters. The highest BCUT2D eigenvalue weighted by molar-refractivity contribution is 5.91. The van der Waals surface area contributed by atoms with Gasteiger partial charge in [-0.15, -0.1) is 0 Å². The molecule has 1 aromatic rings. The maximum Gasteiger partial charge on any atom is 0.279 e. The smallest absolute Gasteiger partial charge is 0.279 e. The first-order valence-electron chi connectivity index (χ1n) is 7.10. The second-order valence-corrected chi connectivity index (χ2v) is 5.66. The quantitative estimate of drug-likeness (QED) is 0.684. The van der Waals surface area contributed by atoms with Crippen molar-refractivity contribution in [1.82, 2.24) is 5.32 Å². The van der Waals surface area contributed by atoms with E-state index in [1.165, 1.54) is 6.07 Å². The number of quaternary nitrogens is 1. The number of hydrogen-bond donors (Lipinski definition) is 3. The van der Waals surface area contributed by atoms with Gasteiger partial charge in [-0.3, -0.25) is 9.59 Å². The average Bonchev–Trinajstić information content (AvgIpc) is 3.17. The molecule has 1 atom stereocenters. The molecule has 5 nitrogen and oxygen atoms in total. The van der Waals surface area contributed by atoms with Gasteiger partial charge in [0.05, 0.1) is 7.05 Å². The highest BCUT2D eigenvalue weighted by Crippen LogP contribution is 2.18. The van der Waals surface area contributed by atoms with Gasteiger partial charge in [0.15, 0.2) is 13.1 Å². The van der Waals surface area contributed by atoms with Gasteiger partial charge >= 0.3 is 0 Å². The van der Waals surface area contributed by atoms with Crippen LogP contribution in [-0.4, -0.2) is 38.0 Å². The summed E-state index contributed by atoms with van der Waals surface area (Å²) in [6.45, 7) is 2.08. The fourth-order valence-electron chi connectivity index (χ4n) is 1.99. The third-order valence-corrected chi connectivity index (χ3v) is 3.32. The van der Waals surface area contributed by atoms with Crippen LogP contribution in [0, 0.1) is 12.7 Å². The number of amides is 2. The number of carbonyl (C=O) groups excluding carboxylic acids is 2. The number of carbonyl (C=O) groups is 2. The highest BCUT2D eigenvalue weighted by Gasteiger charge is 2.24. The third kappa shape index (κ3) is 5.15. The van der Waals surface area contributed by atoms with Gasteiger partial charge in [-0.05, 0) is 37.5 Å². The number of anilines is 1. The number of aryl methyl sites for hydroxylation is 1. The normalized spacial score (nSPS) is 15.4. The Morgan fingerprint density at radius 3 is 2.57 bits per heavy atom. The molecule has 114 valence electrons. The maximum atomic E-state index is 13.4. The van der Waals surface area contributed by atoms with E-state index in [1.54, 1.807) is 26.1 Å². The molecule has 0 bridgehead atoms. The molecule has 2 amide bonds. The van der Waals surface area contributed by atoms with E-state index in [-0.39, 0.29) is 30.7 Å². The van der Waals surface area contributed by atoms with E-state index in [0.717, 1.165) is 17.7 Å². The Morgan fingerprint density at radius 2 is 1.95 bits per heavy atom. The highest BCUT2D eigenvalue weighted by atomic mass is 19.1. The molecule has 2 rings (SSSR count). The molecule has 21 heavy (non-hydrogen) atoms. The summed E-state index contributed by atoms with van der Waals surface area (Å²) in [4.78, 5) is 24.3. The van der Waals surface area contributed by atoms with Crippen molar-refractivity contribution < 1.29 is 18.9 Å². The van der Waals surface area contributed by atoms with E-state index in [4.69, 9.17) is 0 Å². The summed E-state index contributed by atoms with van der Waals surface area (Å²) in [5.74, 6) is -0.628. The van der Waals surface area contributed by atoms with Crippen molar-refractivity contribution >= 4 is 17.5 Å². The maximum absolute atomic E-state index is 13.4. The molecule has 0 radical (unpaired) electrons. The Kier molecular flexibility index (Phi) is 4.90. The summed E-state index contributed by atoms with van der Waals surface area (Å²) in [7, 11) is 1.78. The Hall–Kier alpha value is -1.95. The lowest BCUT2D eigenvalue weighted by Gasteiger charge is -2.13. The molecule has 1 saturated carbocycles. The van der Waals surface area contributed by atoms with Crippen LogP contribution in [0.25, 0.3) is 0 Å². The molecule has 1 aromatic carbocycles. The average molecular weight is 294 g/mol. The first-order chi connectivity index (χ1) is 9.94. The van der Waals surface area contributed by atoms with Gasteiger partial charge in [-0.1, -0.05) is 6.07 Å². The van der Waals surface area contributed by atoms with Crippen LogP contribution in [0.15, 0.2) is 18.2 Å². The van der Waals surface area contributed by atoms with Crippen molar-refractivity contribution in [3.05, 3.63) is 29.6 Å². The predicted octanol–water partition coefficient (Wildman–Crippen LogP) is -0.134. The fourth-order valence-corrected chi connectivity index (χ4v) is 1.99. The number of halogens is 1. The van der Waals surface area contributed by atoms with Crippen LogP contribution in [0.5, 0.6) is 0 Å². The Morgan fingerprint density at radius 1 is 1.29 bits per heavy atom. The molecule has 0 spiro atoms. The van der Waals surface area contributed by atoms with Gasteiger partial charge in [0.25, 0.3) is 11.8 Å². The fraction of sp³-hybridized carbons (Fsp3) is 0.467. The summed E-state index contributed by atoms with van der Waals surface area (Å²) in [6, 6.07) is 4.90. The van der Waals surface area contributed by atoms with E-state index in [0.29, 0.717) is 17.3 Å². The number of likely N-dealkylation sites (N-methyl/N-ethyl adjacent to an activating group) is 1. The minimum atomic E-state index is -0.350. The van der Waals surface area contributed by atoms with Crippen LogP contribution >= 0.6 is 0 Å². The number of rotatable bonds is 6. The molecule has 1 aliphatic rings. The van der Waals surface area contributed by atoms with Crippen LogP contribution in [0.4, 0.5) is 10.1 Å². The molecule has 0 saturated heterocycles. The van der Waals surface area contributed by atoms with E-state index in [2.05, 4.69) is 10.6 Å². The molecule has 3 N–H and O–H groups in total. The molecular formula is C15H21FN3O2+. The van der Waals surface area contributed by atoms with Gasteiger partial charge in [0.1, 0.15) is 5.82 Å². The molecule has 0 heterocycles. The standard InChI is InChI=1S/C15H20FN3O2/c1-10-3-4-12(7-13(10)16)18-15(21)9-19(2)8-14(20)17-11-5-6-11/h3-4,7,11H,5-6,8-9H2,1-2H3,(H,17,20)(H,18,21)/p+1. The zero-order valence-electron chi connectivity index (χ0n) is 12.3. The molecule has 1 fully saturated rings. The SMILES string of the molecule is Cc1ccc(NC(=O)C[NH+](C)CC(=O)NC2CC2)cc1F. The van der Waals surface area contributed by atoms with Crippen molar-refractivity contribution in [2.75, 3.05) is 25.5 Å². The minimum absolute atomic E-state index is 0.0378. The van der Waals surface area contributed by atoms with Crippen molar-refractivity contribution in [2.45, 2.75) is 25.8 Å². The van der Waals surface area contributed by atoms with Crippen molar-refractivity contribution in [2.24, 2.45) is 0 Å². The van der Waals surface area contributed by atoms with E-state index in [9.17, 15) is 14.0 Å². The second kappa shape index (κ2) is 6.67. The summed E-state index contributed by atoms with van der Waals surface area (Å²) < 4.78 is 13.4. The Bertz CT molecular complexity index is 544. The Labute approximate surface area is 123 Å². The summed E-state index contributed by atoms with van der Waals surface area (Å²) in [5, 5.41) is 5.52. The van der Waals surface area contributed by atoms with E-state index < -0.39 is 0 Å². The summed E-state index contributed by atoms with van der Waals surface area (Å²) in [6.07, 6.45) is 2.09. The lowest BCUT2D eigenvalue weighted by molar-refractivity contribution is -0.862. The van der Waals surface area contributed by atoms with Gasteiger partial charge in [0, 0.05) is 11.7 Å². The van der Waals surface area contributed by atoms with Crippen molar-refractivity contribution in [1.29, 1.82) is 0 Å². The van der Waals surface area contributed by atoms with Crippen LogP contribution in [0.1, 0.15) is 18.4 Å². The largest absolute Gasteiger partial charge is 0.348 e. The molecule has 1 aliphatic carbocycles. The van der Waals surface area contributed by atoms with Gasteiger partial charge in [-0.2, -0.15) is 0 Å². The van der Waals surface area contributed by atoms with E-state index >= 15 is 0 Å². The predicted molar refractivity (Wildman–Crippen MR) is 77.6 cm³/mol. The second-order valence-electron chi connectivity index (χ2n) is 5.66. The van der Waals surface area contributed by atoms with Crippen LogP contribution in [0.2, 0.25) is 0 Å². The Balaban J connectivity index is 1.77. The van der Waals surface area contributed by atoms with Gasteiger partial charge in [0.2, 0.25) is 0 Å². The minimum Gasteiger partial charge on any atom is -0.348 e. The first kappa shape index (κ1) is 15.4. The lowest BCUT2D eigenvalue weighted by Crippen LogP contribution is -3.11. The number of benzene rings is 1. The van der Waals surface area contributed by atoms with Gasteiger partial charge in [-0.25, -0.2) is 4.39 Å². The molecular weight excluding hydrogens is 273 g/mol. The third-order valence-electron chi connectivity index (χ3n) is 3.32. The zero-order valence-corrected chi connectivity index (χ0v) is 12.3. The summed E-state index contributed by atoms with van der Waals surface area (Å²) in [5.41, 5.74) is 0.964. The number of hydrogen-bond acceptors (Lipinski definition) is 2. The summed E-state index contributed by atoms with van der Waals surface area (Å²) >= 11 is 0. The zero-order chi connectivity index (χ0) is 15.4. The van der Waals surface area contributed by atoms with Crippen LogP contribution in [-0.2, 0) is 9.59 Å². The van der Waals surface area contributed by atoms with Crippen LogP contribution in [0.3, 0.4) is 0 Å². The van der Waals surface area contributed by atoms with Gasteiger partial charge < -0.3 is 15.5 Å². The van der Waals surface area contributed by atoms with Crippen molar-refractivity contribution in [3.8, 4) is 0 Å². The molecule has 6 heteroatoms. The first-order valence-corrected chi connectivity index (χ1v) is 7.10.